The quantitative estimate of drug-likeness (QED) is 0.854. The number of nitrogens with zero attached hydrogens (tertiary/aromatic N) is 2. The van der Waals surface area contributed by atoms with Crippen molar-refractivity contribution in [1.82, 2.24) is 4.90 Å². The van der Waals surface area contributed by atoms with Crippen LogP contribution in [0.1, 0.15) is 24.5 Å². The Kier molecular flexibility index (Phi) is 5.95. The van der Waals surface area contributed by atoms with Crippen molar-refractivity contribution in [2.24, 2.45) is 10.7 Å². The summed E-state index contributed by atoms with van der Waals surface area (Å²) >= 11 is 8.08. The fourth-order valence-electron chi connectivity index (χ4n) is 2.85. The Labute approximate surface area is 142 Å². The van der Waals surface area contributed by atoms with Crippen molar-refractivity contribution in [3.8, 4) is 0 Å². The maximum absolute atomic E-state index is 6.38. The van der Waals surface area contributed by atoms with Crippen molar-refractivity contribution in [2.75, 3.05) is 26.9 Å². The molecule has 0 saturated carbocycles. The van der Waals surface area contributed by atoms with Crippen LogP contribution in [0.15, 0.2) is 34.5 Å². The third-order valence-electron chi connectivity index (χ3n) is 4.23. The summed E-state index contributed by atoms with van der Waals surface area (Å²) in [5, 5.41) is 0.753. The lowest BCUT2D eigenvalue weighted by molar-refractivity contribution is 0.273. The summed E-state index contributed by atoms with van der Waals surface area (Å²) in [6, 6.07) is 6.42. The smallest absolute Gasteiger partial charge is 0.0694 e. The molecule has 0 amide bonds. The lowest BCUT2D eigenvalue weighted by Crippen LogP contribution is -2.40. The molecule has 0 fully saturated rings. The Balaban J connectivity index is 2.45. The molecule has 3 nitrogen and oxygen atoms in total. The predicted octanol–water partition coefficient (Wildman–Crippen LogP) is 3.56. The number of rotatable bonds is 4. The Morgan fingerprint density at radius 2 is 2.18 bits per heavy atom. The fourth-order valence-corrected chi connectivity index (χ4v) is 3.60. The van der Waals surface area contributed by atoms with Gasteiger partial charge < -0.3 is 5.73 Å². The van der Waals surface area contributed by atoms with Crippen molar-refractivity contribution in [3.63, 3.8) is 0 Å². The molecule has 1 heterocycles. The van der Waals surface area contributed by atoms with Gasteiger partial charge in [0.1, 0.15) is 0 Å². The molecule has 0 saturated heterocycles. The van der Waals surface area contributed by atoms with Gasteiger partial charge in [-0.15, -0.1) is 0 Å². The van der Waals surface area contributed by atoms with Crippen LogP contribution in [0.4, 0.5) is 0 Å². The molecule has 120 valence electrons. The van der Waals surface area contributed by atoms with E-state index in [1.165, 1.54) is 5.56 Å². The van der Waals surface area contributed by atoms with Crippen molar-refractivity contribution in [3.05, 3.63) is 45.6 Å². The van der Waals surface area contributed by atoms with Crippen LogP contribution in [-0.4, -0.2) is 43.5 Å². The van der Waals surface area contributed by atoms with Gasteiger partial charge in [-0.25, -0.2) is 0 Å². The van der Waals surface area contributed by atoms with E-state index in [9.17, 15) is 0 Å². The molecule has 0 bridgehead atoms. The van der Waals surface area contributed by atoms with Crippen LogP contribution in [0.5, 0.6) is 0 Å². The first kappa shape index (κ1) is 17.4. The number of halogens is 1. The molecule has 1 aromatic carbocycles. The summed E-state index contributed by atoms with van der Waals surface area (Å²) in [4.78, 5) is 6.80. The van der Waals surface area contributed by atoms with Gasteiger partial charge in [-0.3, -0.25) is 9.89 Å². The van der Waals surface area contributed by atoms with E-state index in [1.807, 2.05) is 19.2 Å². The van der Waals surface area contributed by atoms with Crippen molar-refractivity contribution < 1.29 is 0 Å². The molecule has 5 heteroatoms. The molecule has 0 aliphatic carbocycles. The van der Waals surface area contributed by atoms with Crippen LogP contribution in [0, 0.1) is 0 Å². The number of hydrogen-bond donors (Lipinski definition) is 1. The standard InChI is InChI=1S/C17H24ClN3S/c1-11-16(19)15(5-6-21(11)3)17(20-2)13-7-12(10-22-4)8-14(18)9-13/h7-9,11H,5-6,10,19H2,1-4H3. The first-order chi connectivity index (χ1) is 10.5. The minimum Gasteiger partial charge on any atom is -0.400 e. The van der Waals surface area contributed by atoms with E-state index in [1.54, 1.807) is 11.8 Å². The second-order valence-corrected chi connectivity index (χ2v) is 7.00. The average Bonchev–Trinajstić information content (AvgIpc) is 2.48. The SMILES string of the molecule is CN=C(C1=C(N)C(C)N(C)CC1)c1cc(Cl)cc(CSC)c1. The molecule has 0 aromatic heterocycles. The van der Waals surface area contributed by atoms with Crippen LogP contribution in [0.25, 0.3) is 0 Å². The maximum Gasteiger partial charge on any atom is 0.0694 e. The van der Waals surface area contributed by atoms with Crippen molar-refractivity contribution in [1.29, 1.82) is 0 Å². The van der Waals surface area contributed by atoms with E-state index < -0.39 is 0 Å². The minimum absolute atomic E-state index is 0.241. The summed E-state index contributed by atoms with van der Waals surface area (Å²) in [6.07, 6.45) is 3.01. The van der Waals surface area contributed by atoms with Crippen LogP contribution in [-0.2, 0) is 5.75 Å². The molecule has 1 aromatic rings. The third-order valence-corrected chi connectivity index (χ3v) is 5.07. The molecule has 0 radical (unpaired) electrons. The van der Waals surface area contributed by atoms with Gasteiger partial charge in [-0.05, 0) is 56.0 Å². The van der Waals surface area contributed by atoms with E-state index in [2.05, 4.69) is 36.2 Å². The fraction of sp³-hybridized carbons (Fsp3) is 0.471. The third kappa shape index (κ3) is 3.67. The topological polar surface area (TPSA) is 41.6 Å². The molecule has 1 aliphatic heterocycles. The first-order valence-electron chi connectivity index (χ1n) is 7.42. The number of likely N-dealkylation sites (N-methyl/N-ethyl adjacent to an activating group) is 1. The normalized spacial score (nSPS) is 20.6. The van der Waals surface area contributed by atoms with Crippen molar-refractivity contribution >= 4 is 29.1 Å². The Morgan fingerprint density at radius 1 is 1.45 bits per heavy atom. The summed E-state index contributed by atoms with van der Waals surface area (Å²) in [5.41, 5.74) is 11.7. The average molecular weight is 338 g/mol. The Morgan fingerprint density at radius 3 is 2.82 bits per heavy atom. The van der Waals surface area contributed by atoms with Gasteiger partial charge in [0.25, 0.3) is 0 Å². The van der Waals surface area contributed by atoms with Gasteiger partial charge in [-0.2, -0.15) is 11.8 Å². The van der Waals surface area contributed by atoms with Crippen LogP contribution < -0.4 is 5.73 Å². The van der Waals surface area contributed by atoms with E-state index in [0.717, 1.165) is 46.3 Å². The second-order valence-electron chi connectivity index (χ2n) is 5.69. The van der Waals surface area contributed by atoms with Gasteiger partial charge >= 0.3 is 0 Å². The Hall–Kier alpha value is -0.970. The molecule has 1 atom stereocenters. The van der Waals surface area contributed by atoms with Gasteiger partial charge in [0, 0.05) is 41.7 Å². The highest BCUT2D eigenvalue weighted by Gasteiger charge is 2.25. The number of aliphatic imine (C=N–C) groups is 1. The summed E-state index contributed by atoms with van der Waals surface area (Å²) in [7, 11) is 3.93. The molecule has 2 rings (SSSR count). The highest BCUT2D eigenvalue weighted by atomic mass is 35.5. The summed E-state index contributed by atoms with van der Waals surface area (Å²) < 4.78 is 0. The van der Waals surface area contributed by atoms with Gasteiger partial charge in [0.05, 0.1) is 5.71 Å². The van der Waals surface area contributed by atoms with E-state index in [-0.39, 0.29) is 6.04 Å². The number of nitrogens with two attached hydrogens (primary N) is 1. The zero-order chi connectivity index (χ0) is 16.3. The maximum atomic E-state index is 6.38. The monoisotopic (exact) mass is 337 g/mol. The molecular formula is C17H24ClN3S. The Bertz CT molecular complexity index is 610. The minimum atomic E-state index is 0.241. The summed E-state index contributed by atoms with van der Waals surface area (Å²) in [5.74, 6) is 0.943. The van der Waals surface area contributed by atoms with Gasteiger partial charge in [0.15, 0.2) is 0 Å². The van der Waals surface area contributed by atoms with Crippen LogP contribution >= 0.6 is 23.4 Å². The van der Waals surface area contributed by atoms with Crippen LogP contribution in [0.2, 0.25) is 5.02 Å². The lowest BCUT2D eigenvalue weighted by atomic mass is 9.91. The highest BCUT2D eigenvalue weighted by Crippen LogP contribution is 2.26. The first-order valence-corrected chi connectivity index (χ1v) is 9.19. The second kappa shape index (κ2) is 7.53. The molecular weight excluding hydrogens is 314 g/mol. The summed E-state index contributed by atoms with van der Waals surface area (Å²) in [6.45, 7) is 3.13. The number of hydrogen-bond acceptors (Lipinski definition) is 4. The molecule has 22 heavy (non-hydrogen) atoms. The van der Waals surface area contributed by atoms with E-state index in [4.69, 9.17) is 17.3 Å². The predicted molar refractivity (Wildman–Crippen MR) is 99.1 cm³/mol. The largest absolute Gasteiger partial charge is 0.400 e. The number of thioether (sulfide) groups is 1. The molecule has 1 aliphatic rings. The van der Waals surface area contributed by atoms with Gasteiger partial charge in [-0.1, -0.05) is 11.6 Å². The molecule has 1 unspecified atom stereocenters. The highest BCUT2D eigenvalue weighted by molar-refractivity contribution is 7.97. The zero-order valence-corrected chi connectivity index (χ0v) is 15.3. The van der Waals surface area contributed by atoms with E-state index in [0.29, 0.717) is 0 Å². The molecule has 2 N–H and O–H groups in total. The van der Waals surface area contributed by atoms with Gasteiger partial charge in [0.2, 0.25) is 0 Å². The number of benzene rings is 1. The van der Waals surface area contributed by atoms with Crippen molar-refractivity contribution in [2.45, 2.75) is 25.1 Å². The van der Waals surface area contributed by atoms with E-state index >= 15 is 0 Å². The zero-order valence-electron chi connectivity index (χ0n) is 13.7. The lowest BCUT2D eigenvalue weighted by Gasteiger charge is -2.33. The van der Waals surface area contributed by atoms with Crippen LogP contribution in [0.3, 0.4) is 0 Å². The molecule has 0 spiro atoms.